The Hall–Kier alpha value is -1.70. The number of hydrogen-bond acceptors (Lipinski definition) is 2. The van der Waals surface area contributed by atoms with Crippen molar-refractivity contribution in [2.24, 2.45) is 11.3 Å². The van der Waals surface area contributed by atoms with E-state index >= 15 is 0 Å². The van der Waals surface area contributed by atoms with Crippen molar-refractivity contribution in [3.05, 3.63) is 29.3 Å². The predicted molar refractivity (Wildman–Crippen MR) is 73.3 cm³/mol. The number of nitrogens with one attached hydrogen (secondary N) is 1. The largest absolute Gasteiger partial charge is 0.417 e. The maximum atomic E-state index is 12.7. The van der Waals surface area contributed by atoms with Gasteiger partial charge in [0.2, 0.25) is 0 Å². The van der Waals surface area contributed by atoms with Gasteiger partial charge in [0.05, 0.1) is 17.2 Å². The maximum Gasteiger partial charge on any atom is 0.417 e. The summed E-state index contributed by atoms with van der Waals surface area (Å²) in [4.78, 5) is 0. The SMILES string of the molecule is CC(CNc1ccc(C(F)(F)F)c(C#N)c1)C(C)(C)C. The van der Waals surface area contributed by atoms with Crippen molar-refractivity contribution >= 4 is 5.69 Å². The highest BCUT2D eigenvalue weighted by molar-refractivity contribution is 5.53. The standard InChI is InChI=1S/C15H19F3N2/c1-10(14(2,3)4)9-20-12-5-6-13(15(16,17)18)11(7-12)8-19/h5-7,10,20H,9H2,1-4H3. The molecule has 1 unspecified atom stereocenters. The van der Waals surface area contributed by atoms with E-state index in [1.807, 2.05) is 0 Å². The van der Waals surface area contributed by atoms with Gasteiger partial charge >= 0.3 is 6.18 Å². The van der Waals surface area contributed by atoms with Gasteiger partial charge in [-0.05, 0) is 29.5 Å². The number of alkyl halides is 3. The number of anilines is 1. The van der Waals surface area contributed by atoms with E-state index in [4.69, 9.17) is 5.26 Å². The number of rotatable bonds is 3. The van der Waals surface area contributed by atoms with E-state index in [2.05, 4.69) is 33.0 Å². The minimum absolute atomic E-state index is 0.108. The van der Waals surface area contributed by atoms with Gasteiger partial charge in [-0.1, -0.05) is 27.7 Å². The molecule has 1 aromatic carbocycles. The van der Waals surface area contributed by atoms with E-state index in [-0.39, 0.29) is 11.0 Å². The molecule has 2 nitrogen and oxygen atoms in total. The lowest BCUT2D eigenvalue weighted by molar-refractivity contribution is -0.137. The van der Waals surface area contributed by atoms with Crippen LogP contribution in [-0.2, 0) is 6.18 Å². The fourth-order valence-corrected chi connectivity index (χ4v) is 1.57. The Morgan fingerprint density at radius 1 is 1.25 bits per heavy atom. The average Bonchev–Trinajstić information content (AvgIpc) is 2.33. The maximum absolute atomic E-state index is 12.7. The van der Waals surface area contributed by atoms with Gasteiger partial charge in [0.1, 0.15) is 0 Å². The summed E-state index contributed by atoms with van der Waals surface area (Å²) in [7, 11) is 0. The summed E-state index contributed by atoms with van der Waals surface area (Å²) in [5, 5.41) is 11.9. The second-order valence-electron chi connectivity index (χ2n) is 6.02. The fourth-order valence-electron chi connectivity index (χ4n) is 1.57. The van der Waals surface area contributed by atoms with Crippen LogP contribution in [0.5, 0.6) is 0 Å². The molecular weight excluding hydrogens is 265 g/mol. The van der Waals surface area contributed by atoms with E-state index in [0.29, 0.717) is 18.2 Å². The van der Waals surface area contributed by atoms with Crippen molar-refractivity contribution in [2.75, 3.05) is 11.9 Å². The second kappa shape index (κ2) is 5.74. The highest BCUT2D eigenvalue weighted by atomic mass is 19.4. The van der Waals surface area contributed by atoms with E-state index in [0.717, 1.165) is 6.07 Å². The van der Waals surface area contributed by atoms with Crippen molar-refractivity contribution in [3.8, 4) is 6.07 Å². The third-order valence-electron chi connectivity index (χ3n) is 3.54. The molecule has 1 rings (SSSR count). The van der Waals surface area contributed by atoms with Crippen LogP contribution >= 0.6 is 0 Å². The highest BCUT2D eigenvalue weighted by Crippen LogP contribution is 2.33. The van der Waals surface area contributed by atoms with Crippen molar-refractivity contribution in [1.82, 2.24) is 0 Å². The van der Waals surface area contributed by atoms with E-state index in [1.165, 1.54) is 12.1 Å². The molecule has 0 aliphatic rings. The van der Waals surface area contributed by atoms with Gasteiger partial charge in [0.15, 0.2) is 0 Å². The molecule has 0 saturated heterocycles. The molecule has 110 valence electrons. The first-order valence-corrected chi connectivity index (χ1v) is 6.41. The topological polar surface area (TPSA) is 35.8 Å². The van der Waals surface area contributed by atoms with Gasteiger partial charge in [-0.3, -0.25) is 0 Å². The third-order valence-corrected chi connectivity index (χ3v) is 3.54. The van der Waals surface area contributed by atoms with Gasteiger partial charge in [0, 0.05) is 12.2 Å². The summed E-state index contributed by atoms with van der Waals surface area (Å²) >= 11 is 0. The van der Waals surface area contributed by atoms with Gasteiger partial charge < -0.3 is 5.32 Å². The Kier molecular flexibility index (Phi) is 4.69. The summed E-state index contributed by atoms with van der Waals surface area (Å²) in [6, 6.07) is 5.16. The van der Waals surface area contributed by atoms with Crippen LogP contribution in [0.1, 0.15) is 38.8 Å². The molecule has 0 heterocycles. The molecule has 1 aromatic rings. The Balaban J connectivity index is 2.88. The van der Waals surface area contributed by atoms with Crippen LogP contribution < -0.4 is 5.32 Å². The quantitative estimate of drug-likeness (QED) is 0.875. The smallest absolute Gasteiger partial charge is 0.385 e. The molecule has 5 heteroatoms. The lowest BCUT2D eigenvalue weighted by Crippen LogP contribution is -2.24. The molecule has 0 aliphatic carbocycles. The summed E-state index contributed by atoms with van der Waals surface area (Å²) in [6.07, 6.45) is -4.50. The highest BCUT2D eigenvalue weighted by Gasteiger charge is 2.33. The normalized spacial score (nSPS) is 13.7. The van der Waals surface area contributed by atoms with Crippen LogP contribution in [0.2, 0.25) is 0 Å². The van der Waals surface area contributed by atoms with Crippen LogP contribution in [0.25, 0.3) is 0 Å². The van der Waals surface area contributed by atoms with Crippen molar-refractivity contribution in [1.29, 1.82) is 5.26 Å². The molecule has 1 atom stereocenters. The van der Waals surface area contributed by atoms with Crippen molar-refractivity contribution < 1.29 is 13.2 Å². The molecule has 0 amide bonds. The molecule has 0 aliphatic heterocycles. The Morgan fingerprint density at radius 3 is 2.30 bits per heavy atom. The number of nitriles is 1. The molecule has 20 heavy (non-hydrogen) atoms. The van der Waals surface area contributed by atoms with Crippen LogP contribution in [0.15, 0.2) is 18.2 Å². The molecule has 1 N–H and O–H groups in total. The Labute approximate surface area is 117 Å². The summed E-state index contributed by atoms with van der Waals surface area (Å²) in [6.45, 7) is 9.02. The van der Waals surface area contributed by atoms with E-state index in [1.54, 1.807) is 6.07 Å². The fraction of sp³-hybridized carbons (Fsp3) is 0.533. The Bertz CT molecular complexity index is 507. The summed E-state index contributed by atoms with van der Waals surface area (Å²) in [5.74, 6) is 0.343. The zero-order valence-electron chi connectivity index (χ0n) is 12.1. The lowest BCUT2D eigenvalue weighted by atomic mass is 9.82. The molecule has 0 radical (unpaired) electrons. The summed E-state index contributed by atoms with van der Waals surface area (Å²) < 4.78 is 38.0. The molecule has 0 saturated carbocycles. The van der Waals surface area contributed by atoms with E-state index in [9.17, 15) is 13.2 Å². The second-order valence-corrected chi connectivity index (χ2v) is 6.02. The Morgan fingerprint density at radius 2 is 1.85 bits per heavy atom. The number of halogens is 3. The summed E-state index contributed by atoms with van der Waals surface area (Å²) in [5.41, 5.74) is -0.609. The molecule has 0 fully saturated rings. The first-order chi connectivity index (χ1) is 9.05. The van der Waals surface area contributed by atoms with Gasteiger partial charge in [-0.2, -0.15) is 18.4 Å². The lowest BCUT2D eigenvalue weighted by Gasteiger charge is -2.27. The van der Waals surface area contributed by atoms with Crippen LogP contribution in [-0.4, -0.2) is 6.54 Å². The third kappa shape index (κ3) is 4.16. The average molecular weight is 284 g/mol. The monoisotopic (exact) mass is 284 g/mol. The molecule has 0 bridgehead atoms. The number of benzene rings is 1. The van der Waals surface area contributed by atoms with Gasteiger partial charge in [0.25, 0.3) is 0 Å². The molecule has 0 spiro atoms. The molecule has 0 aromatic heterocycles. The zero-order valence-corrected chi connectivity index (χ0v) is 12.1. The van der Waals surface area contributed by atoms with Crippen LogP contribution in [0.4, 0.5) is 18.9 Å². The predicted octanol–water partition coefficient (Wildman–Crippen LogP) is 4.67. The van der Waals surface area contributed by atoms with Crippen molar-refractivity contribution in [2.45, 2.75) is 33.9 Å². The minimum Gasteiger partial charge on any atom is -0.385 e. The number of nitrogens with zero attached hydrogens (tertiary/aromatic N) is 1. The first kappa shape index (κ1) is 16.4. The van der Waals surface area contributed by atoms with Crippen LogP contribution in [0, 0.1) is 22.7 Å². The van der Waals surface area contributed by atoms with Gasteiger partial charge in [-0.15, -0.1) is 0 Å². The first-order valence-electron chi connectivity index (χ1n) is 6.41. The zero-order chi connectivity index (χ0) is 15.6. The van der Waals surface area contributed by atoms with Crippen molar-refractivity contribution in [3.63, 3.8) is 0 Å². The minimum atomic E-state index is -4.50. The number of hydrogen-bond donors (Lipinski definition) is 1. The molecular formula is C15H19F3N2. The van der Waals surface area contributed by atoms with Crippen LogP contribution in [0.3, 0.4) is 0 Å². The van der Waals surface area contributed by atoms with E-state index < -0.39 is 11.7 Å². The van der Waals surface area contributed by atoms with Gasteiger partial charge in [-0.25, -0.2) is 0 Å².